The Balaban J connectivity index is 1.75. The first-order chi connectivity index (χ1) is 9.10. The van der Waals surface area contributed by atoms with Crippen LogP contribution in [0.1, 0.15) is 32.1 Å². The minimum Gasteiger partial charge on any atom is -0.481 e. The van der Waals surface area contributed by atoms with E-state index in [0.29, 0.717) is 25.3 Å². The van der Waals surface area contributed by atoms with Crippen molar-refractivity contribution in [1.82, 2.24) is 10.2 Å². The van der Waals surface area contributed by atoms with E-state index in [1.54, 1.807) is 4.90 Å². The van der Waals surface area contributed by atoms with Crippen LogP contribution in [0.3, 0.4) is 0 Å². The van der Waals surface area contributed by atoms with Gasteiger partial charge in [-0.05, 0) is 38.0 Å². The fourth-order valence-electron chi connectivity index (χ4n) is 3.04. The summed E-state index contributed by atoms with van der Waals surface area (Å²) in [6.45, 7) is 1.59. The normalized spacial score (nSPS) is 30.6. The van der Waals surface area contributed by atoms with Crippen LogP contribution in [0.15, 0.2) is 0 Å². The van der Waals surface area contributed by atoms with Gasteiger partial charge in [0.05, 0.1) is 5.92 Å². The Morgan fingerprint density at radius 1 is 1.26 bits per heavy atom. The molecule has 2 rings (SSSR count). The molecule has 108 valence electrons. The van der Waals surface area contributed by atoms with Gasteiger partial charge in [0.1, 0.15) is 0 Å². The molecule has 3 N–H and O–H groups in total. The van der Waals surface area contributed by atoms with E-state index in [-0.39, 0.29) is 24.6 Å². The highest BCUT2D eigenvalue weighted by molar-refractivity contribution is 5.75. The number of aliphatic hydroxyl groups excluding tert-OH is 1. The van der Waals surface area contributed by atoms with Gasteiger partial charge >= 0.3 is 12.0 Å². The van der Waals surface area contributed by atoms with Crippen LogP contribution in [-0.4, -0.2) is 52.9 Å². The largest absolute Gasteiger partial charge is 0.481 e. The van der Waals surface area contributed by atoms with E-state index in [2.05, 4.69) is 5.32 Å². The molecule has 3 unspecified atom stereocenters. The molecule has 1 aliphatic heterocycles. The maximum Gasteiger partial charge on any atom is 0.317 e. The van der Waals surface area contributed by atoms with E-state index in [0.717, 1.165) is 25.8 Å². The third-order valence-electron chi connectivity index (χ3n) is 4.22. The highest BCUT2D eigenvalue weighted by Crippen LogP contribution is 2.26. The van der Waals surface area contributed by atoms with Crippen molar-refractivity contribution in [3.63, 3.8) is 0 Å². The number of carbonyl (C=O) groups excluding carboxylic acids is 1. The van der Waals surface area contributed by atoms with Gasteiger partial charge in [0.15, 0.2) is 0 Å². The molecule has 6 heteroatoms. The second-order valence-corrected chi connectivity index (χ2v) is 5.61. The van der Waals surface area contributed by atoms with Crippen LogP contribution in [0.25, 0.3) is 0 Å². The Morgan fingerprint density at radius 3 is 2.68 bits per heavy atom. The number of hydrogen-bond acceptors (Lipinski definition) is 3. The zero-order chi connectivity index (χ0) is 13.8. The van der Waals surface area contributed by atoms with Crippen molar-refractivity contribution in [3.8, 4) is 0 Å². The summed E-state index contributed by atoms with van der Waals surface area (Å²) >= 11 is 0. The molecule has 3 atom stereocenters. The molecule has 1 saturated heterocycles. The lowest BCUT2D eigenvalue weighted by molar-refractivity contribution is -0.141. The van der Waals surface area contributed by atoms with Gasteiger partial charge in [-0.2, -0.15) is 0 Å². The number of urea groups is 1. The molecule has 0 aromatic carbocycles. The summed E-state index contributed by atoms with van der Waals surface area (Å²) in [6.07, 6.45) is 3.61. The van der Waals surface area contributed by atoms with Crippen LogP contribution < -0.4 is 5.32 Å². The van der Waals surface area contributed by atoms with Gasteiger partial charge in [0.2, 0.25) is 0 Å². The Morgan fingerprint density at radius 2 is 2.05 bits per heavy atom. The summed E-state index contributed by atoms with van der Waals surface area (Å²) in [5.41, 5.74) is 0. The van der Waals surface area contributed by atoms with Gasteiger partial charge in [-0.15, -0.1) is 0 Å². The number of aliphatic hydroxyl groups is 1. The minimum absolute atomic E-state index is 0.00880. The third kappa shape index (κ3) is 3.59. The number of carboxylic acid groups (broad SMARTS) is 1. The first-order valence-corrected chi connectivity index (χ1v) is 6.99. The Kier molecular flexibility index (Phi) is 4.63. The first kappa shape index (κ1) is 14.1. The number of nitrogens with zero attached hydrogens (tertiary/aromatic N) is 1. The van der Waals surface area contributed by atoms with E-state index >= 15 is 0 Å². The van der Waals surface area contributed by atoms with E-state index in [4.69, 9.17) is 10.2 Å². The summed E-state index contributed by atoms with van der Waals surface area (Å²) in [7, 11) is 0. The fraction of sp³-hybridized carbons (Fsp3) is 0.846. The van der Waals surface area contributed by atoms with Crippen LogP contribution in [0.4, 0.5) is 4.79 Å². The molecule has 1 heterocycles. The molecular weight excluding hydrogens is 248 g/mol. The minimum atomic E-state index is -0.763. The highest BCUT2D eigenvalue weighted by Gasteiger charge is 2.32. The zero-order valence-electron chi connectivity index (χ0n) is 11.0. The molecule has 0 radical (unpaired) electrons. The lowest BCUT2D eigenvalue weighted by Crippen LogP contribution is -2.43. The Labute approximate surface area is 112 Å². The second-order valence-electron chi connectivity index (χ2n) is 5.61. The molecule has 2 amide bonds. The number of nitrogens with one attached hydrogen (secondary N) is 1. The summed E-state index contributed by atoms with van der Waals surface area (Å²) in [4.78, 5) is 24.7. The molecule has 2 fully saturated rings. The second kappa shape index (κ2) is 6.23. The van der Waals surface area contributed by atoms with Crippen molar-refractivity contribution in [3.05, 3.63) is 0 Å². The average molecular weight is 270 g/mol. The van der Waals surface area contributed by atoms with Crippen molar-refractivity contribution in [2.24, 2.45) is 11.8 Å². The first-order valence-electron chi connectivity index (χ1n) is 6.99. The maximum absolute atomic E-state index is 12.0. The quantitative estimate of drug-likeness (QED) is 0.700. The predicted molar refractivity (Wildman–Crippen MR) is 68.7 cm³/mol. The Hall–Kier alpha value is -1.30. The summed E-state index contributed by atoms with van der Waals surface area (Å²) in [5.74, 6) is -0.682. The Bertz CT molecular complexity index is 348. The van der Waals surface area contributed by atoms with Crippen LogP contribution in [0, 0.1) is 11.8 Å². The average Bonchev–Trinajstić information content (AvgIpc) is 2.98. The molecule has 2 aliphatic rings. The molecule has 19 heavy (non-hydrogen) atoms. The predicted octanol–water partition coefficient (Wildman–Crippen LogP) is 0.654. The monoisotopic (exact) mass is 270 g/mol. The molecular formula is C13H22N2O4. The molecule has 1 aliphatic carbocycles. The fourth-order valence-corrected chi connectivity index (χ4v) is 3.04. The lowest BCUT2D eigenvalue weighted by atomic mass is 10.1. The lowest BCUT2D eigenvalue weighted by Gasteiger charge is -2.20. The van der Waals surface area contributed by atoms with Crippen molar-refractivity contribution in [2.45, 2.75) is 38.1 Å². The molecule has 0 bridgehead atoms. The maximum atomic E-state index is 12.0. The SMILES string of the molecule is O=C(O)C1CCC(NC(=O)N2CCC(CCO)C2)C1. The molecule has 6 nitrogen and oxygen atoms in total. The third-order valence-corrected chi connectivity index (χ3v) is 4.22. The van der Waals surface area contributed by atoms with Crippen molar-refractivity contribution in [1.29, 1.82) is 0 Å². The van der Waals surface area contributed by atoms with Gasteiger partial charge < -0.3 is 20.4 Å². The van der Waals surface area contributed by atoms with Crippen molar-refractivity contribution in [2.75, 3.05) is 19.7 Å². The van der Waals surface area contributed by atoms with Crippen molar-refractivity contribution < 1.29 is 19.8 Å². The molecule has 0 spiro atoms. The van der Waals surface area contributed by atoms with Gasteiger partial charge in [0, 0.05) is 25.7 Å². The van der Waals surface area contributed by atoms with Gasteiger partial charge in [0.25, 0.3) is 0 Å². The van der Waals surface area contributed by atoms with Gasteiger partial charge in [-0.1, -0.05) is 0 Å². The number of aliphatic carboxylic acids is 1. The number of likely N-dealkylation sites (tertiary alicyclic amines) is 1. The molecule has 1 saturated carbocycles. The number of rotatable bonds is 4. The highest BCUT2D eigenvalue weighted by atomic mass is 16.4. The topological polar surface area (TPSA) is 89.9 Å². The van der Waals surface area contributed by atoms with Crippen molar-refractivity contribution >= 4 is 12.0 Å². The number of carbonyl (C=O) groups is 2. The number of amides is 2. The van der Waals surface area contributed by atoms with Crippen LogP contribution >= 0.6 is 0 Å². The summed E-state index contributed by atoms with van der Waals surface area (Å²) < 4.78 is 0. The van der Waals surface area contributed by atoms with E-state index in [9.17, 15) is 9.59 Å². The van der Waals surface area contributed by atoms with Gasteiger partial charge in [-0.3, -0.25) is 4.79 Å². The summed E-state index contributed by atoms with van der Waals surface area (Å²) in [6, 6.07) is -0.0954. The molecule has 0 aromatic heterocycles. The zero-order valence-corrected chi connectivity index (χ0v) is 11.0. The summed E-state index contributed by atoms with van der Waals surface area (Å²) in [5, 5.41) is 20.7. The van der Waals surface area contributed by atoms with Gasteiger partial charge in [-0.25, -0.2) is 4.79 Å². The van der Waals surface area contributed by atoms with Crippen LogP contribution in [-0.2, 0) is 4.79 Å². The van der Waals surface area contributed by atoms with E-state index in [1.165, 1.54) is 0 Å². The standard InChI is InChI=1S/C13H22N2O4/c16-6-4-9-3-5-15(8-9)13(19)14-11-2-1-10(7-11)12(17)18/h9-11,16H,1-8H2,(H,14,19)(H,17,18). The number of carboxylic acids is 1. The molecule has 0 aromatic rings. The smallest absolute Gasteiger partial charge is 0.317 e. The van der Waals surface area contributed by atoms with E-state index in [1.807, 2.05) is 0 Å². The number of hydrogen-bond donors (Lipinski definition) is 3. The van der Waals surface area contributed by atoms with Crippen LogP contribution in [0.5, 0.6) is 0 Å². The van der Waals surface area contributed by atoms with E-state index < -0.39 is 5.97 Å². The van der Waals surface area contributed by atoms with Crippen LogP contribution in [0.2, 0.25) is 0 Å².